The number of nitriles is 1. The van der Waals surface area contributed by atoms with E-state index in [1.165, 1.54) is 29.7 Å². The molecule has 1 heterocycles. The fourth-order valence-corrected chi connectivity index (χ4v) is 5.14. The maximum absolute atomic E-state index is 12.7. The van der Waals surface area contributed by atoms with Gasteiger partial charge >= 0.3 is 0 Å². The zero-order chi connectivity index (χ0) is 20.8. The SMILES string of the molecule is N#Cc1cccc(CCC(=O)C[C@@H]2CCCC(C3=NC=CCC4=C3C=CCC4)C2)c1.[HH].[HH].[HH]. The second-order valence-corrected chi connectivity index (χ2v) is 8.85. The van der Waals surface area contributed by atoms with Crippen LogP contribution in [0.15, 0.2) is 64.8 Å². The number of aliphatic imine (C=N–C) groups is 1. The molecule has 1 aromatic carbocycles. The fourth-order valence-electron chi connectivity index (χ4n) is 5.14. The van der Waals surface area contributed by atoms with Gasteiger partial charge in [-0.1, -0.05) is 42.4 Å². The lowest BCUT2D eigenvalue weighted by Gasteiger charge is -2.31. The number of aryl methyl sites for hydroxylation is 1. The topological polar surface area (TPSA) is 53.2 Å². The predicted molar refractivity (Wildman–Crippen MR) is 127 cm³/mol. The number of benzene rings is 1. The molecule has 3 aliphatic rings. The van der Waals surface area contributed by atoms with Gasteiger partial charge in [-0.3, -0.25) is 9.79 Å². The number of carbonyl (C=O) groups is 1. The second-order valence-electron chi connectivity index (χ2n) is 8.85. The zero-order valence-electron chi connectivity index (χ0n) is 17.6. The fraction of sp³-hybridized carbons (Fsp3) is 0.444. The number of Topliss-reactive ketones (excluding diaryl/α,β-unsaturated/α-hetero) is 1. The molecule has 1 saturated carbocycles. The maximum atomic E-state index is 12.7. The van der Waals surface area contributed by atoms with Gasteiger partial charge in [0.15, 0.2) is 0 Å². The van der Waals surface area contributed by atoms with Crippen molar-refractivity contribution in [1.29, 1.82) is 5.26 Å². The van der Waals surface area contributed by atoms with Gasteiger partial charge < -0.3 is 0 Å². The van der Waals surface area contributed by atoms with Crippen LogP contribution in [0.3, 0.4) is 0 Å². The minimum Gasteiger partial charge on any atom is -0.300 e. The minimum atomic E-state index is 0. The van der Waals surface area contributed by atoms with E-state index in [2.05, 4.69) is 24.3 Å². The largest absolute Gasteiger partial charge is 0.300 e. The van der Waals surface area contributed by atoms with Crippen LogP contribution < -0.4 is 0 Å². The van der Waals surface area contributed by atoms with E-state index >= 15 is 0 Å². The van der Waals surface area contributed by atoms with Crippen molar-refractivity contribution in [2.24, 2.45) is 16.8 Å². The van der Waals surface area contributed by atoms with Crippen LogP contribution in [0.4, 0.5) is 0 Å². The van der Waals surface area contributed by atoms with Gasteiger partial charge in [-0.2, -0.15) is 5.26 Å². The van der Waals surface area contributed by atoms with Crippen LogP contribution in [0, 0.1) is 23.2 Å². The Morgan fingerprint density at radius 1 is 1.27 bits per heavy atom. The lowest BCUT2D eigenvalue weighted by molar-refractivity contribution is -0.120. The Bertz CT molecular complexity index is 972. The van der Waals surface area contributed by atoms with E-state index in [4.69, 9.17) is 10.3 Å². The van der Waals surface area contributed by atoms with E-state index in [-0.39, 0.29) is 4.28 Å². The normalized spacial score (nSPS) is 23.4. The lowest BCUT2D eigenvalue weighted by atomic mass is 9.74. The Hall–Kier alpha value is -2.73. The molecule has 30 heavy (non-hydrogen) atoms. The molecule has 2 aliphatic carbocycles. The van der Waals surface area contributed by atoms with Crippen LogP contribution in [-0.4, -0.2) is 11.5 Å². The second kappa shape index (κ2) is 9.85. The molecule has 160 valence electrons. The van der Waals surface area contributed by atoms with Crippen molar-refractivity contribution in [3.8, 4) is 6.07 Å². The number of hydrogen-bond acceptors (Lipinski definition) is 3. The van der Waals surface area contributed by atoms with Crippen LogP contribution in [0.2, 0.25) is 0 Å². The van der Waals surface area contributed by atoms with Crippen LogP contribution >= 0.6 is 0 Å². The molecular formula is C27H36N2O. The highest BCUT2D eigenvalue weighted by Crippen LogP contribution is 2.37. The van der Waals surface area contributed by atoms with Crippen molar-refractivity contribution in [2.75, 3.05) is 0 Å². The van der Waals surface area contributed by atoms with Crippen LogP contribution in [0.1, 0.15) is 73.2 Å². The summed E-state index contributed by atoms with van der Waals surface area (Å²) >= 11 is 0. The molecule has 0 amide bonds. The summed E-state index contributed by atoms with van der Waals surface area (Å²) in [6.07, 6.45) is 18.6. The molecule has 1 unspecified atom stereocenters. The predicted octanol–water partition coefficient (Wildman–Crippen LogP) is 7.00. The Labute approximate surface area is 184 Å². The number of ketones is 1. The highest BCUT2D eigenvalue weighted by Gasteiger charge is 2.29. The highest BCUT2D eigenvalue weighted by atomic mass is 16.1. The summed E-state index contributed by atoms with van der Waals surface area (Å²) in [5.41, 5.74) is 5.91. The minimum absolute atomic E-state index is 0. The summed E-state index contributed by atoms with van der Waals surface area (Å²) in [7, 11) is 0. The number of rotatable bonds is 6. The highest BCUT2D eigenvalue weighted by molar-refractivity contribution is 6.05. The summed E-state index contributed by atoms with van der Waals surface area (Å²) in [5.74, 6) is 1.29. The van der Waals surface area contributed by atoms with E-state index in [9.17, 15) is 4.79 Å². The van der Waals surface area contributed by atoms with E-state index < -0.39 is 0 Å². The summed E-state index contributed by atoms with van der Waals surface area (Å²) in [5, 5.41) is 9.04. The summed E-state index contributed by atoms with van der Waals surface area (Å²) in [4.78, 5) is 17.5. The molecule has 0 spiro atoms. The van der Waals surface area contributed by atoms with Crippen LogP contribution in [0.5, 0.6) is 0 Å². The quantitative estimate of drug-likeness (QED) is 0.512. The molecule has 0 N–H and O–H groups in total. The van der Waals surface area contributed by atoms with Crippen LogP contribution in [0.25, 0.3) is 0 Å². The monoisotopic (exact) mass is 404 g/mol. The molecule has 3 heteroatoms. The third kappa shape index (κ3) is 5.05. The van der Waals surface area contributed by atoms with Crippen molar-refractivity contribution in [3.63, 3.8) is 0 Å². The van der Waals surface area contributed by atoms with Gasteiger partial charge in [0.05, 0.1) is 17.3 Å². The number of carbonyl (C=O) groups excluding carboxylic acids is 1. The van der Waals surface area contributed by atoms with Gasteiger partial charge in [0.1, 0.15) is 5.78 Å². The number of hydrogen-bond donors (Lipinski definition) is 0. The molecule has 0 aromatic heterocycles. The molecule has 0 saturated heterocycles. The number of nitrogens with zero attached hydrogens (tertiary/aromatic N) is 2. The van der Waals surface area contributed by atoms with Crippen molar-refractivity contribution >= 4 is 11.5 Å². The molecule has 0 radical (unpaired) electrons. The molecule has 4 rings (SSSR count). The standard InChI is InChI=1S/C27H30N2O.3H2/c28-19-22-8-3-6-20(16-22)13-14-25(30)18-21-7-4-10-24(17-21)27-26-12-2-1-9-23(26)11-5-15-29-27;;;/h2-3,5-6,8,12,15-16,21,24H,1,4,7,9-11,13-14,17-18H2;3*1H/t21-,24?;;;/m1.../s1. The van der Waals surface area contributed by atoms with E-state index in [0.717, 1.165) is 44.1 Å². The van der Waals surface area contributed by atoms with Crippen molar-refractivity contribution in [2.45, 2.75) is 64.2 Å². The smallest absolute Gasteiger partial charge is 0.133 e. The van der Waals surface area contributed by atoms with Gasteiger partial charge in [-0.15, -0.1) is 0 Å². The Morgan fingerprint density at radius 3 is 3.10 bits per heavy atom. The van der Waals surface area contributed by atoms with Gasteiger partial charge in [-0.25, -0.2) is 0 Å². The summed E-state index contributed by atoms with van der Waals surface area (Å²) in [6, 6.07) is 9.77. The summed E-state index contributed by atoms with van der Waals surface area (Å²) < 4.78 is 0. The maximum Gasteiger partial charge on any atom is 0.133 e. The van der Waals surface area contributed by atoms with Gasteiger partial charge in [-0.05, 0) is 74.1 Å². The van der Waals surface area contributed by atoms with Crippen molar-refractivity contribution in [1.82, 2.24) is 0 Å². The Balaban J connectivity index is 0.00000181. The van der Waals surface area contributed by atoms with Gasteiger partial charge in [0, 0.05) is 29.2 Å². The van der Waals surface area contributed by atoms with E-state index in [1.54, 1.807) is 6.07 Å². The molecule has 1 fully saturated rings. The first-order valence-electron chi connectivity index (χ1n) is 11.4. The zero-order valence-corrected chi connectivity index (χ0v) is 17.6. The first-order chi connectivity index (χ1) is 14.7. The molecule has 3 nitrogen and oxygen atoms in total. The first kappa shape index (κ1) is 20.5. The van der Waals surface area contributed by atoms with Gasteiger partial charge in [0.25, 0.3) is 0 Å². The van der Waals surface area contributed by atoms with E-state index in [0.29, 0.717) is 36.0 Å². The van der Waals surface area contributed by atoms with Crippen molar-refractivity contribution in [3.05, 3.63) is 71.0 Å². The average Bonchev–Trinajstić information content (AvgIpc) is 3.01. The Morgan fingerprint density at radius 2 is 2.20 bits per heavy atom. The molecule has 1 aromatic rings. The van der Waals surface area contributed by atoms with Crippen molar-refractivity contribution < 1.29 is 9.07 Å². The molecule has 2 atom stereocenters. The average molecular weight is 405 g/mol. The summed E-state index contributed by atoms with van der Waals surface area (Å²) in [6.45, 7) is 0. The Kier molecular flexibility index (Phi) is 6.74. The van der Waals surface area contributed by atoms with E-state index in [1.807, 2.05) is 24.4 Å². The molecular weight excluding hydrogens is 368 g/mol. The molecule has 1 aliphatic heterocycles. The van der Waals surface area contributed by atoms with Gasteiger partial charge in [0.2, 0.25) is 0 Å². The third-order valence-electron chi connectivity index (χ3n) is 6.67. The lowest BCUT2D eigenvalue weighted by Crippen LogP contribution is -2.26. The molecule has 0 bridgehead atoms. The third-order valence-corrected chi connectivity index (χ3v) is 6.67. The first-order valence-corrected chi connectivity index (χ1v) is 11.4. The number of allylic oxidation sites excluding steroid dienone is 5. The van der Waals surface area contributed by atoms with Crippen LogP contribution in [-0.2, 0) is 11.2 Å².